The highest BCUT2D eigenvalue weighted by molar-refractivity contribution is 5.83. The van der Waals surface area contributed by atoms with Crippen LogP contribution < -0.4 is 5.23 Å². The van der Waals surface area contributed by atoms with Crippen LogP contribution in [0.1, 0.15) is 41.7 Å². The van der Waals surface area contributed by atoms with Crippen molar-refractivity contribution in [2.75, 3.05) is 18.4 Å². The van der Waals surface area contributed by atoms with E-state index in [0.29, 0.717) is 13.2 Å². The van der Waals surface area contributed by atoms with Crippen molar-refractivity contribution >= 4 is 17.3 Å². The average Bonchev–Trinajstić information content (AvgIpc) is 2.91. The predicted molar refractivity (Wildman–Crippen MR) is 84.5 cm³/mol. The van der Waals surface area contributed by atoms with Crippen molar-refractivity contribution in [3.63, 3.8) is 0 Å². The molecule has 2 rings (SSSR count). The quantitative estimate of drug-likeness (QED) is 0.816. The maximum absolute atomic E-state index is 5.57. The lowest BCUT2D eigenvalue weighted by molar-refractivity contribution is 0.0233. The normalized spacial score (nSPS) is 15.3. The van der Waals surface area contributed by atoms with Crippen molar-refractivity contribution in [2.45, 2.75) is 34.6 Å². The topological polar surface area (TPSA) is 21.7 Å². The van der Waals surface area contributed by atoms with E-state index in [-0.39, 0.29) is 0 Å². The highest BCUT2D eigenvalue weighted by atomic mass is 17.0. The van der Waals surface area contributed by atoms with E-state index < -0.39 is 0 Å². The van der Waals surface area contributed by atoms with Crippen molar-refractivity contribution < 1.29 is 9.68 Å². The van der Waals surface area contributed by atoms with Gasteiger partial charge in [-0.15, -0.1) is 5.23 Å². The number of anilines is 1. The van der Waals surface area contributed by atoms with Gasteiger partial charge < -0.3 is 0 Å². The van der Waals surface area contributed by atoms with E-state index in [0.717, 1.165) is 16.8 Å². The van der Waals surface area contributed by atoms with E-state index in [4.69, 9.17) is 9.68 Å². The summed E-state index contributed by atoms with van der Waals surface area (Å²) < 4.78 is 0. The van der Waals surface area contributed by atoms with Gasteiger partial charge in [-0.3, -0.25) is 0 Å². The maximum atomic E-state index is 5.57. The second-order valence-electron chi connectivity index (χ2n) is 5.22. The largest absolute Gasteiger partial charge is 0.246 e. The molecule has 1 heterocycles. The van der Waals surface area contributed by atoms with Crippen LogP contribution in [-0.2, 0) is 9.68 Å². The zero-order valence-corrected chi connectivity index (χ0v) is 13.0. The predicted octanol–water partition coefficient (Wildman–Crippen LogP) is 4.36. The minimum atomic E-state index is 0.587. The van der Waals surface area contributed by atoms with Crippen molar-refractivity contribution in [3.05, 3.63) is 40.5 Å². The Morgan fingerprint density at radius 1 is 1.10 bits per heavy atom. The van der Waals surface area contributed by atoms with Crippen LogP contribution in [0, 0.1) is 20.8 Å². The molecule has 0 unspecified atom stereocenters. The molecule has 1 saturated heterocycles. The van der Waals surface area contributed by atoms with Gasteiger partial charge in [0.2, 0.25) is 0 Å². The van der Waals surface area contributed by atoms with E-state index in [9.17, 15) is 0 Å². The van der Waals surface area contributed by atoms with Crippen molar-refractivity contribution in [2.24, 2.45) is 0 Å². The number of hydrogen-bond donors (Lipinski definition) is 0. The van der Waals surface area contributed by atoms with Gasteiger partial charge in [0.15, 0.2) is 0 Å². The standard InChI is InChI=1S/C17H23NO2/c1-7-8-15-12(4)13(5)17(18-19-9-10-20-18)16(11(2)3)14(15)6/h7-8H,2,9-10H2,1,3-6H3/b8-7+. The first-order valence-electron chi connectivity index (χ1n) is 6.97. The molecule has 0 aliphatic carbocycles. The lowest BCUT2D eigenvalue weighted by Gasteiger charge is -2.25. The first-order valence-corrected chi connectivity index (χ1v) is 6.97. The highest BCUT2D eigenvalue weighted by Gasteiger charge is 2.25. The molecule has 20 heavy (non-hydrogen) atoms. The molecule has 108 valence electrons. The Morgan fingerprint density at radius 2 is 1.70 bits per heavy atom. The summed E-state index contributed by atoms with van der Waals surface area (Å²) in [6.45, 7) is 15.7. The van der Waals surface area contributed by atoms with Crippen LogP contribution in [0.5, 0.6) is 0 Å². The molecular formula is C17H23NO2. The molecule has 0 N–H and O–H groups in total. The fourth-order valence-corrected chi connectivity index (χ4v) is 2.73. The van der Waals surface area contributed by atoms with Gasteiger partial charge in [-0.2, -0.15) is 0 Å². The Labute approximate surface area is 121 Å². The van der Waals surface area contributed by atoms with Crippen LogP contribution in [0.4, 0.5) is 5.69 Å². The lowest BCUT2D eigenvalue weighted by Crippen LogP contribution is -2.19. The third-order valence-electron chi connectivity index (χ3n) is 3.78. The molecule has 3 nitrogen and oxygen atoms in total. The molecule has 0 saturated carbocycles. The molecular weight excluding hydrogens is 250 g/mol. The number of allylic oxidation sites excluding steroid dienone is 2. The van der Waals surface area contributed by atoms with Gasteiger partial charge in [-0.1, -0.05) is 18.7 Å². The Balaban J connectivity index is 2.75. The summed E-state index contributed by atoms with van der Waals surface area (Å²) in [7, 11) is 0. The van der Waals surface area contributed by atoms with Crippen LogP contribution in [-0.4, -0.2) is 13.2 Å². The first kappa shape index (κ1) is 14.8. The number of nitrogens with zero attached hydrogens (tertiary/aromatic N) is 1. The summed E-state index contributed by atoms with van der Waals surface area (Å²) in [6.07, 6.45) is 4.22. The molecule has 1 aromatic carbocycles. The molecule has 3 heteroatoms. The van der Waals surface area contributed by atoms with E-state index in [1.165, 1.54) is 22.3 Å². The molecule has 1 aliphatic rings. The average molecular weight is 273 g/mol. The molecule has 0 atom stereocenters. The smallest absolute Gasteiger partial charge is 0.106 e. The minimum absolute atomic E-state index is 0.587. The summed E-state index contributed by atoms with van der Waals surface area (Å²) in [5, 5.41) is 1.55. The Hall–Kier alpha value is -1.58. The maximum Gasteiger partial charge on any atom is 0.106 e. The van der Waals surface area contributed by atoms with E-state index in [1.54, 1.807) is 5.23 Å². The Kier molecular flexibility index (Phi) is 4.31. The van der Waals surface area contributed by atoms with Crippen LogP contribution >= 0.6 is 0 Å². The molecule has 0 bridgehead atoms. The number of hydrogen-bond acceptors (Lipinski definition) is 3. The molecule has 0 aromatic heterocycles. The summed E-state index contributed by atoms with van der Waals surface area (Å²) in [6, 6.07) is 0. The zero-order valence-electron chi connectivity index (χ0n) is 13.0. The number of benzene rings is 1. The molecule has 1 aliphatic heterocycles. The van der Waals surface area contributed by atoms with Crippen LogP contribution in [0.2, 0.25) is 0 Å². The molecule has 1 fully saturated rings. The van der Waals surface area contributed by atoms with Crippen molar-refractivity contribution in [1.29, 1.82) is 0 Å². The second-order valence-corrected chi connectivity index (χ2v) is 5.22. The van der Waals surface area contributed by atoms with Gasteiger partial charge in [0, 0.05) is 5.56 Å². The third-order valence-corrected chi connectivity index (χ3v) is 3.78. The lowest BCUT2D eigenvalue weighted by atomic mass is 9.88. The molecule has 0 amide bonds. The SMILES string of the molecule is C=C(C)c1c(C)c(/C=C/C)c(C)c(C)c1N1OCCO1. The summed E-state index contributed by atoms with van der Waals surface area (Å²) in [5.74, 6) is 0. The zero-order chi connectivity index (χ0) is 14.9. The van der Waals surface area contributed by atoms with Crippen molar-refractivity contribution in [1.82, 2.24) is 0 Å². The van der Waals surface area contributed by atoms with Gasteiger partial charge >= 0.3 is 0 Å². The fourth-order valence-electron chi connectivity index (χ4n) is 2.73. The van der Waals surface area contributed by atoms with E-state index in [1.807, 2.05) is 13.8 Å². The Bertz CT molecular complexity index is 567. The minimum Gasteiger partial charge on any atom is -0.246 e. The summed E-state index contributed by atoms with van der Waals surface area (Å²) in [4.78, 5) is 11.1. The monoisotopic (exact) mass is 273 g/mol. The summed E-state index contributed by atoms with van der Waals surface area (Å²) in [5.41, 5.74) is 8.01. The van der Waals surface area contributed by atoms with Crippen LogP contribution in [0.15, 0.2) is 12.7 Å². The van der Waals surface area contributed by atoms with Crippen molar-refractivity contribution in [3.8, 4) is 0 Å². The van der Waals surface area contributed by atoms with Crippen LogP contribution in [0.3, 0.4) is 0 Å². The highest BCUT2D eigenvalue weighted by Crippen LogP contribution is 2.39. The van der Waals surface area contributed by atoms with Gasteiger partial charge in [0.05, 0.1) is 0 Å². The molecule has 0 radical (unpaired) electrons. The van der Waals surface area contributed by atoms with E-state index in [2.05, 4.69) is 39.5 Å². The fraction of sp³-hybridized carbons (Fsp3) is 0.412. The second kappa shape index (κ2) is 5.81. The molecule has 0 spiro atoms. The first-order chi connectivity index (χ1) is 9.49. The van der Waals surface area contributed by atoms with Gasteiger partial charge in [-0.25, -0.2) is 9.68 Å². The number of rotatable bonds is 3. The summed E-state index contributed by atoms with van der Waals surface area (Å²) >= 11 is 0. The van der Waals surface area contributed by atoms with Gasteiger partial charge in [0.25, 0.3) is 0 Å². The molecule has 1 aromatic rings. The van der Waals surface area contributed by atoms with Crippen LogP contribution in [0.25, 0.3) is 11.6 Å². The Morgan fingerprint density at radius 3 is 2.20 bits per heavy atom. The third kappa shape index (κ3) is 2.39. The van der Waals surface area contributed by atoms with E-state index >= 15 is 0 Å². The van der Waals surface area contributed by atoms with Gasteiger partial charge in [-0.05, 0) is 62.4 Å². The van der Waals surface area contributed by atoms with Gasteiger partial charge in [0.1, 0.15) is 18.9 Å².